The maximum absolute atomic E-state index is 12.5. The maximum Gasteiger partial charge on any atom is 0.220 e. The topological polar surface area (TPSA) is 89.8 Å². The molecule has 3 unspecified atom stereocenters. The van der Waals surface area contributed by atoms with Gasteiger partial charge in [0.1, 0.15) is 6.10 Å². The molecule has 0 aromatic heterocycles. The number of carbonyl (C=O) groups is 1. The second-order valence-corrected chi connectivity index (χ2v) is 21.2. The summed E-state index contributed by atoms with van der Waals surface area (Å²) in [7, 11) is 0. The summed E-state index contributed by atoms with van der Waals surface area (Å²) in [6.45, 7) is 4.20. The predicted molar refractivity (Wildman–Crippen MR) is 301 cm³/mol. The molecule has 0 aromatic carbocycles. The van der Waals surface area contributed by atoms with E-state index in [2.05, 4.69) is 55.6 Å². The van der Waals surface area contributed by atoms with Crippen molar-refractivity contribution in [1.29, 1.82) is 0 Å². The van der Waals surface area contributed by atoms with E-state index >= 15 is 0 Å². The minimum atomic E-state index is -1.17. The van der Waals surface area contributed by atoms with E-state index in [0.717, 1.165) is 44.9 Å². The molecular weight excluding hydrogens is 835 g/mol. The van der Waals surface area contributed by atoms with Crippen LogP contribution in [0.2, 0.25) is 0 Å². The van der Waals surface area contributed by atoms with Crippen LogP contribution in [0.1, 0.15) is 335 Å². The molecule has 4 N–H and O–H groups in total. The summed E-state index contributed by atoms with van der Waals surface area (Å²) in [6.07, 6.45) is 76.1. The smallest absolute Gasteiger partial charge is 0.220 e. The van der Waals surface area contributed by atoms with E-state index in [1.54, 1.807) is 0 Å². The second kappa shape index (κ2) is 58.1. The summed E-state index contributed by atoms with van der Waals surface area (Å²) in [5.74, 6) is -0.153. The number of hydrogen-bond donors (Lipinski definition) is 4. The Hall–Kier alpha value is -1.43. The Bertz CT molecular complexity index is 1060. The molecular formula is C63H121NO4. The summed E-state index contributed by atoms with van der Waals surface area (Å²) in [5.41, 5.74) is 0. The number of aliphatic hydroxyl groups is 3. The summed E-state index contributed by atoms with van der Waals surface area (Å²) < 4.78 is 0. The molecule has 0 aromatic rings. The predicted octanol–water partition coefficient (Wildman–Crippen LogP) is 19.4. The highest BCUT2D eigenvalue weighted by atomic mass is 16.3. The van der Waals surface area contributed by atoms with E-state index in [9.17, 15) is 20.1 Å². The normalized spacial score (nSPS) is 13.4. The van der Waals surface area contributed by atoms with Crippen molar-refractivity contribution >= 4 is 5.91 Å². The quantitative estimate of drug-likeness (QED) is 0.0361. The summed E-state index contributed by atoms with van der Waals surface area (Å²) in [5, 5.41) is 33.8. The van der Waals surface area contributed by atoms with Crippen LogP contribution >= 0.6 is 0 Å². The Balaban J connectivity index is 3.54. The monoisotopic (exact) mass is 956 g/mol. The molecule has 402 valence electrons. The Kier molecular flexibility index (Phi) is 56.9. The van der Waals surface area contributed by atoms with Gasteiger partial charge in [-0.2, -0.15) is 0 Å². The lowest BCUT2D eigenvalue weighted by Gasteiger charge is -2.26. The van der Waals surface area contributed by atoms with Crippen LogP contribution in [0.3, 0.4) is 0 Å². The van der Waals surface area contributed by atoms with Gasteiger partial charge in [0.05, 0.1) is 18.8 Å². The first kappa shape index (κ1) is 66.6. The number of unbranched alkanes of at least 4 members (excludes halogenated alkanes) is 43. The molecule has 0 aliphatic heterocycles. The van der Waals surface area contributed by atoms with Crippen molar-refractivity contribution < 1.29 is 20.1 Å². The molecule has 5 nitrogen and oxygen atoms in total. The van der Waals surface area contributed by atoms with E-state index in [4.69, 9.17) is 0 Å². The second-order valence-electron chi connectivity index (χ2n) is 21.2. The molecule has 0 bridgehead atoms. The molecule has 0 rings (SSSR count). The molecule has 0 saturated carbocycles. The van der Waals surface area contributed by atoms with Crippen LogP contribution in [0.4, 0.5) is 0 Å². The van der Waals surface area contributed by atoms with E-state index in [1.807, 2.05) is 0 Å². The highest BCUT2D eigenvalue weighted by Crippen LogP contribution is 2.18. The number of allylic oxidation sites excluding steroid dienone is 6. The SMILES string of the molecule is CCCCCCCCCCCCCC/C=C\CCCCCCCCCCCCCCCCCCC(=O)NC(CO)C(O)C(O)CCC/C=C/CC/C=C/CCCCCCCCCCCCCCC. The first-order valence-corrected chi connectivity index (χ1v) is 30.8. The van der Waals surface area contributed by atoms with Gasteiger partial charge >= 0.3 is 0 Å². The molecule has 3 atom stereocenters. The van der Waals surface area contributed by atoms with Gasteiger partial charge in [-0.15, -0.1) is 0 Å². The zero-order valence-corrected chi connectivity index (χ0v) is 46.0. The van der Waals surface area contributed by atoms with Crippen molar-refractivity contribution in [2.24, 2.45) is 0 Å². The lowest BCUT2D eigenvalue weighted by molar-refractivity contribution is -0.124. The van der Waals surface area contributed by atoms with Gasteiger partial charge in [0.2, 0.25) is 5.91 Å². The van der Waals surface area contributed by atoms with Crippen molar-refractivity contribution in [1.82, 2.24) is 5.32 Å². The number of rotatable bonds is 57. The Morgan fingerprint density at radius 3 is 0.897 bits per heavy atom. The lowest BCUT2D eigenvalue weighted by Crippen LogP contribution is -2.50. The fraction of sp³-hybridized carbons (Fsp3) is 0.889. The van der Waals surface area contributed by atoms with Gasteiger partial charge in [0, 0.05) is 6.42 Å². The fourth-order valence-corrected chi connectivity index (χ4v) is 9.71. The third kappa shape index (κ3) is 52.4. The van der Waals surface area contributed by atoms with Crippen LogP contribution in [-0.2, 0) is 4.79 Å². The van der Waals surface area contributed by atoms with E-state index in [1.165, 1.54) is 263 Å². The van der Waals surface area contributed by atoms with E-state index in [0.29, 0.717) is 12.8 Å². The standard InChI is InChI=1S/C63H121NO4/c1-3-5-7-9-11-13-15-17-19-21-23-25-27-28-29-30-31-32-33-34-35-36-38-40-42-44-46-48-50-52-54-56-58-62(67)64-60(59-65)63(68)61(66)57-55-53-51-49-47-45-43-41-39-37-26-24-22-20-18-16-14-12-10-8-6-4-2/h28-29,41,43,49,51,60-61,63,65-66,68H,3-27,30-40,42,44-48,50,52-59H2,1-2H3,(H,64,67)/b29-28-,43-41+,51-49+. The lowest BCUT2D eigenvalue weighted by atomic mass is 10.0. The van der Waals surface area contributed by atoms with Crippen molar-refractivity contribution in [2.45, 2.75) is 353 Å². The molecule has 0 radical (unpaired) electrons. The molecule has 0 saturated heterocycles. The van der Waals surface area contributed by atoms with Gasteiger partial charge in [0.25, 0.3) is 0 Å². The average molecular weight is 957 g/mol. The Morgan fingerprint density at radius 2 is 0.603 bits per heavy atom. The van der Waals surface area contributed by atoms with E-state index in [-0.39, 0.29) is 12.5 Å². The number of carbonyl (C=O) groups excluding carboxylic acids is 1. The van der Waals surface area contributed by atoms with Crippen LogP contribution in [0, 0.1) is 0 Å². The van der Waals surface area contributed by atoms with Crippen LogP contribution < -0.4 is 5.32 Å². The maximum atomic E-state index is 12.5. The average Bonchev–Trinajstić information content (AvgIpc) is 3.34. The minimum absolute atomic E-state index is 0.153. The van der Waals surface area contributed by atoms with Gasteiger partial charge in [-0.25, -0.2) is 0 Å². The fourth-order valence-electron chi connectivity index (χ4n) is 9.71. The molecule has 0 aliphatic carbocycles. The number of aliphatic hydroxyl groups excluding tert-OH is 3. The first-order chi connectivity index (χ1) is 33.6. The zero-order valence-electron chi connectivity index (χ0n) is 46.0. The highest BCUT2D eigenvalue weighted by molar-refractivity contribution is 5.76. The largest absolute Gasteiger partial charge is 0.394 e. The minimum Gasteiger partial charge on any atom is -0.394 e. The van der Waals surface area contributed by atoms with Gasteiger partial charge in [-0.05, 0) is 77.0 Å². The van der Waals surface area contributed by atoms with Crippen molar-refractivity contribution in [2.75, 3.05) is 6.61 Å². The molecule has 0 heterocycles. The summed E-state index contributed by atoms with van der Waals surface area (Å²) in [6, 6.07) is -0.833. The van der Waals surface area contributed by atoms with Crippen LogP contribution in [0.25, 0.3) is 0 Å². The molecule has 0 aliphatic rings. The molecule has 0 fully saturated rings. The zero-order chi connectivity index (χ0) is 49.3. The molecule has 68 heavy (non-hydrogen) atoms. The van der Waals surface area contributed by atoms with E-state index < -0.39 is 18.2 Å². The number of amides is 1. The summed E-state index contributed by atoms with van der Waals surface area (Å²) >= 11 is 0. The van der Waals surface area contributed by atoms with Crippen LogP contribution in [0.15, 0.2) is 36.5 Å². The third-order valence-electron chi connectivity index (χ3n) is 14.4. The van der Waals surface area contributed by atoms with Crippen molar-refractivity contribution in [3.63, 3.8) is 0 Å². The Morgan fingerprint density at radius 1 is 0.353 bits per heavy atom. The molecule has 5 heteroatoms. The summed E-state index contributed by atoms with van der Waals surface area (Å²) in [4.78, 5) is 12.5. The van der Waals surface area contributed by atoms with Gasteiger partial charge in [0.15, 0.2) is 0 Å². The van der Waals surface area contributed by atoms with Crippen LogP contribution in [-0.4, -0.2) is 46.1 Å². The first-order valence-electron chi connectivity index (χ1n) is 30.8. The molecule has 1 amide bonds. The van der Waals surface area contributed by atoms with Crippen molar-refractivity contribution in [3.8, 4) is 0 Å². The van der Waals surface area contributed by atoms with Crippen molar-refractivity contribution in [3.05, 3.63) is 36.5 Å². The van der Waals surface area contributed by atoms with Gasteiger partial charge < -0.3 is 20.6 Å². The Labute approximate surface area is 425 Å². The number of hydrogen-bond acceptors (Lipinski definition) is 4. The van der Waals surface area contributed by atoms with Crippen LogP contribution in [0.5, 0.6) is 0 Å². The van der Waals surface area contributed by atoms with Gasteiger partial charge in [-0.3, -0.25) is 4.79 Å². The third-order valence-corrected chi connectivity index (χ3v) is 14.4. The highest BCUT2D eigenvalue weighted by Gasteiger charge is 2.26. The number of nitrogens with one attached hydrogen (secondary N) is 1. The van der Waals surface area contributed by atoms with Gasteiger partial charge in [-0.1, -0.05) is 288 Å². The molecule has 0 spiro atoms.